The smallest absolute Gasteiger partial charge is 0.252 e. The van der Waals surface area contributed by atoms with Gasteiger partial charge in [-0.3, -0.25) is 9.59 Å². The van der Waals surface area contributed by atoms with Gasteiger partial charge in [0.25, 0.3) is 5.91 Å². The van der Waals surface area contributed by atoms with Crippen LogP contribution in [0.1, 0.15) is 67.7 Å². The maximum atomic E-state index is 14.8. The highest BCUT2D eigenvalue weighted by Gasteiger charge is 2.43. The van der Waals surface area contributed by atoms with Crippen molar-refractivity contribution >= 4 is 29.0 Å². The highest BCUT2D eigenvalue weighted by Crippen LogP contribution is 2.41. The van der Waals surface area contributed by atoms with E-state index in [9.17, 15) is 18.4 Å². The molecule has 2 aliphatic heterocycles. The number of methoxy groups -OCH3 is 1. The summed E-state index contributed by atoms with van der Waals surface area (Å²) in [7, 11) is 1.67. The third kappa shape index (κ3) is 8.10. The second kappa shape index (κ2) is 15.3. The fourth-order valence-corrected chi connectivity index (χ4v) is 7.48. The summed E-state index contributed by atoms with van der Waals surface area (Å²) in [6.45, 7) is 4.88. The van der Waals surface area contributed by atoms with Crippen molar-refractivity contribution in [2.24, 2.45) is 5.92 Å². The summed E-state index contributed by atoms with van der Waals surface area (Å²) in [6, 6.07) is 16.6. The summed E-state index contributed by atoms with van der Waals surface area (Å²) < 4.78 is 38.9. The Balaban J connectivity index is 1.24. The molecule has 1 saturated heterocycles. The van der Waals surface area contributed by atoms with Crippen LogP contribution in [0, 0.1) is 24.5 Å². The minimum absolute atomic E-state index is 0.0404. The lowest BCUT2D eigenvalue weighted by molar-refractivity contribution is -0.129. The number of rotatable bonds is 13. The predicted molar refractivity (Wildman–Crippen MR) is 187 cm³/mol. The number of amides is 2. The summed E-state index contributed by atoms with van der Waals surface area (Å²) in [5.41, 5.74) is 6.12. The Labute approximate surface area is 292 Å². The highest BCUT2D eigenvalue weighted by atomic mass is 35.5. The number of benzene rings is 3. The molecule has 1 saturated carbocycles. The van der Waals surface area contributed by atoms with Crippen LogP contribution in [0.15, 0.2) is 60.2 Å². The SMILES string of the molecule is COc1cccc(CN(C(=O)C2=C(c3ccc(CCCOc4c(F)ccc(F)c4Cl)cc3)C[C@@H]3CC(CNC(C)=O)CC2N3)C2CC2)c1C. The number of hydrogen-bond acceptors (Lipinski definition) is 5. The molecular formula is C39H44ClF2N3O4. The summed E-state index contributed by atoms with van der Waals surface area (Å²) in [5, 5.41) is 6.41. The number of piperidine rings is 1. The lowest BCUT2D eigenvalue weighted by Crippen LogP contribution is -2.54. The van der Waals surface area contributed by atoms with Gasteiger partial charge >= 0.3 is 0 Å². The molecule has 49 heavy (non-hydrogen) atoms. The maximum Gasteiger partial charge on any atom is 0.252 e. The van der Waals surface area contributed by atoms with Gasteiger partial charge in [0.2, 0.25) is 5.91 Å². The van der Waals surface area contributed by atoms with Crippen molar-refractivity contribution in [2.45, 2.75) is 83.5 Å². The number of hydrogen-bond donors (Lipinski definition) is 2. The minimum atomic E-state index is -0.721. The quantitative estimate of drug-likeness (QED) is 0.147. The van der Waals surface area contributed by atoms with E-state index in [1.807, 2.05) is 19.1 Å². The van der Waals surface area contributed by atoms with Crippen LogP contribution in [0.2, 0.25) is 5.02 Å². The number of nitrogens with zero attached hydrogens (tertiary/aromatic N) is 1. The van der Waals surface area contributed by atoms with E-state index >= 15 is 0 Å². The average Bonchev–Trinajstić information content (AvgIpc) is 3.93. The number of aryl methyl sites for hydroxylation is 1. The molecule has 3 atom stereocenters. The molecule has 2 bridgehead atoms. The molecule has 6 rings (SSSR count). The molecule has 2 N–H and O–H groups in total. The first-order valence-corrected chi connectivity index (χ1v) is 17.5. The highest BCUT2D eigenvalue weighted by molar-refractivity contribution is 6.32. The van der Waals surface area contributed by atoms with Gasteiger partial charge in [-0.25, -0.2) is 8.78 Å². The lowest BCUT2D eigenvalue weighted by atomic mass is 9.74. The van der Waals surface area contributed by atoms with Crippen molar-refractivity contribution in [3.05, 3.63) is 99.1 Å². The van der Waals surface area contributed by atoms with Crippen LogP contribution in [0.4, 0.5) is 8.78 Å². The molecule has 2 amide bonds. The van der Waals surface area contributed by atoms with Gasteiger partial charge < -0.3 is 25.0 Å². The molecule has 2 unspecified atom stereocenters. The summed E-state index contributed by atoms with van der Waals surface area (Å²) in [4.78, 5) is 28.6. The fourth-order valence-electron chi connectivity index (χ4n) is 7.28. The van der Waals surface area contributed by atoms with Crippen molar-refractivity contribution < 1.29 is 27.8 Å². The molecule has 2 fully saturated rings. The number of nitrogens with one attached hydrogen (secondary N) is 2. The van der Waals surface area contributed by atoms with Gasteiger partial charge in [0.15, 0.2) is 11.6 Å². The Kier molecular flexibility index (Phi) is 10.9. The Morgan fingerprint density at radius 3 is 2.51 bits per heavy atom. The summed E-state index contributed by atoms with van der Waals surface area (Å²) >= 11 is 5.89. The zero-order valence-electron chi connectivity index (χ0n) is 28.3. The van der Waals surface area contributed by atoms with Crippen LogP contribution in [0.25, 0.3) is 5.57 Å². The zero-order chi connectivity index (χ0) is 34.7. The molecule has 2 heterocycles. The van der Waals surface area contributed by atoms with Crippen LogP contribution in [-0.2, 0) is 22.6 Å². The van der Waals surface area contributed by atoms with Crippen molar-refractivity contribution in [1.29, 1.82) is 0 Å². The van der Waals surface area contributed by atoms with E-state index in [2.05, 4.69) is 45.9 Å². The van der Waals surface area contributed by atoms with Gasteiger partial charge in [-0.05, 0) is 104 Å². The van der Waals surface area contributed by atoms with Gasteiger partial charge in [-0.2, -0.15) is 0 Å². The van der Waals surface area contributed by atoms with Gasteiger partial charge in [0.05, 0.1) is 13.7 Å². The lowest BCUT2D eigenvalue weighted by Gasteiger charge is -2.43. The first-order valence-electron chi connectivity index (χ1n) is 17.2. The van der Waals surface area contributed by atoms with E-state index < -0.39 is 11.6 Å². The Bertz CT molecular complexity index is 1730. The van der Waals surface area contributed by atoms with E-state index in [-0.39, 0.29) is 53.2 Å². The second-order valence-electron chi connectivity index (χ2n) is 13.5. The molecular weight excluding hydrogens is 648 g/mol. The van der Waals surface area contributed by atoms with E-state index in [1.165, 1.54) is 0 Å². The van der Waals surface area contributed by atoms with E-state index in [0.29, 0.717) is 25.9 Å². The fraction of sp³-hybridized carbons (Fsp3) is 0.436. The van der Waals surface area contributed by atoms with E-state index in [1.54, 1.807) is 14.0 Å². The number of carbonyl (C=O) groups excluding carboxylic acids is 2. The van der Waals surface area contributed by atoms with Crippen LogP contribution in [-0.4, -0.2) is 55.1 Å². The molecule has 0 radical (unpaired) electrons. The number of carbonyl (C=O) groups is 2. The van der Waals surface area contributed by atoms with Crippen molar-refractivity contribution in [3.8, 4) is 11.5 Å². The van der Waals surface area contributed by atoms with Crippen LogP contribution >= 0.6 is 11.6 Å². The largest absolute Gasteiger partial charge is 0.496 e. The molecule has 0 spiro atoms. The molecule has 0 aromatic heterocycles. The van der Waals surface area contributed by atoms with Crippen LogP contribution in [0.5, 0.6) is 11.5 Å². The Hall–Kier alpha value is -3.95. The molecule has 3 aromatic carbocycles. The minimum Gasteiger partial charge on any atom is -0.496 e. The first-order chi connectivity index (χ1) is 23.6. The van der Waals surface area contributed by atoms with E-state index in [4.69, 9.17) is 21.1 Å². The normalized spacial score (nSPS) is 20.2. The first kappa shape index (κ1) is 34.9. The average molecular weight is 692 g/mol. The molecule has 7 nitrogen and oxygen atoms in total. The predicted octanol–water partition coefficient (Wildman–Crippen LogP) is 7.17. The van der Waals surface area contributed by atoms with Crippen LogP contribution < -0.4 is 20.1 Å². The molecule has 3 aliphatic rings. The zero-order valence-corrected chi connectivity index (χ0v) is 29.0. The molecule has 10 heteroatoms. The molecule has 1 aliphatic carbocycles. The van der Waals surface area contributed by atoms with Gasteiger partial charge in [0, 0.05) is 43.7 Å². The number of ether oxygens (including phenoxy) is 2. The summed E-state index contributed by atoms with van der Waals surface area (Å²) in [5.74, 6) is -0.559. The topological polar surface area (TPSA) is 79.9 Å². The van der Waals surface area contributed by atoms with E-state index in [0.717, 1.165) is 83.4 Å². The van der Waals surface area contributed by atoms with Crippen molar-refractivity contribution in [1.82, 2.24) is 15.5 Å². The van der Waals surface area contributed by atoms with Crippen molar-refractivity contribution in [3.63, 3.8) is 0 Å². The van der Waals surface area contributed by atoms with Gasteiger partial charge in [-0.1, -0.05) is 48.0 Å². The third-order valence-corrected chi connectivity index (χ3v) is 10.3. The Morgan fingerprint density at radius 2 is 1.80 bits per heavy atom. The molecule has 260 valence electrons. The molecule has 3 aromatic rings. The monoisotopic (exact) mass is 691 g/mol. The van der Waals surface area contributed by atoms with Gasteiger partial charge in [-0.15, -0.1) is 0 Å². The van der Waals surface area contributed by atoms with Crippen LogP contribution in [0.3, 0.4) is 0 Å². The van der Waals surface area contributed by atoms with Gasteiger partial charge in [0.1, 0.15) is 16.6 Å². The number of fused-ring (bicyclic) bond motifs is 2. The maximum absolute atomic E-state index is 14.8. The Morgan fingerprint density at radius 1 is 1.04 bits per heavy atom. The standard InChI is InChI=1S/C39H44ClF2N3O4/c1-23-28(7-4-8-35(23)48-3)22-45(30-13-14-30)39(47)36-31(20-29-18-26(19-34(36)44-29)21-43-24(2)46)27-11-9-25(10-12-27)6-5-17-49-38-33(42)16-15-32(41)37(38)40/h4,7-12,15-16,26,29-30,34,44H,5-6,13-14,17-22H2,1-3H3,(H,43,46)/t26?,29-,34?/m0/s1. The number of halogens is 3. The third-order valence-electron chi connectivity index (χ3n) is 9.98. The summed E-state index contributed by atoms with van der Waals surface area (Å²) in [6.07, 6.45) is 5.64. The van der Waals surface area contributed by atoms with Crippen molar-refractivity contribution in [2.75, 3.05) is 20.3 Å². The second-order valence-corrected chi connectivity index (χ2v) is 13.9.